The molecular weight excluding hydrogens is 336 g/mol. The predicted octanol–water partition coefficient (Wildman–Crippen LogP) is 1.68. The lowest BCUT2D eigenvalue weighted by Gasteiger charge is -2.12. The molecule has 0 saturated heterocycles. The van der Waals surface area contributed by atoms with Crippen LogP contribution in [0, 0.1) is 29.2 Å². The summed E-state index contributed by atoms with van der Waals surface area (Å²) >= 11 is 0. The Morgan fingerprint density at radius 1 is 1.25 bits per heavy atom. The second-order valence-electron chi connectivity index (χ2n) is 4.39. The lowest BCUT2D eigenvalue weighted by molar-refractivity contribution is -0.144. The van der Waals surface area contributed by atoms with Crippen molar-refractivity contribution in [3.63, 3.8) is 0 Å². The topological polar surface area (TPSA) is 76.0 Å². The van der Waals surface area contributed by atoms with Gasteiger partial charge in [0.15, 0.2) is 35.0 Å². The van der Waals surface area contributed by atoms with Crippen LogP contribution in [0.2, 0.25) is 0 Å². The number of carbonyl (C=O) groups is 3. The number of rotatable bonds is 7. The zero-order valence-electron chi connectivity index (χ0n) is 12.6. The Morgan fingerprint density at radius 3 is 2.42 bits per heavy atom. The van der Waals surface area contributed by atoms with Crippen molar-refractivity contribution in [1.82, 2.24) is 5.01 Å². The van der Waals surface area contributed by atoms with Gasteiger partial charge in [-0.05, 0) is 13.0 Å². The molecule has 1 unspecified atom stereocenters. The molecule has 24 heavy (non-hydrogen) atoms. The molecular formula is C14H12F4N2O4. The van der Waals surface area contributed by atoms with Crippen LogP contribution in [0.4, 0.5) is 17.6 Å². The fraction of sp³-hybridized carbons (Fsp3) is 0.286. The Kier molecular flexibility index (Phi) is 6.57. The van der Waals surface area contributed by atoms with E-state index in [1.165, 1.54) is 14.0 Å². The molecule has 130 valence electrons. The van der Waals surface area contributed by atoms with E-state index >= 15 is 0 Å². The second kappa shape index (κ2) is 8.18. The summed E-state index contributed by atoms with van der Waals surface area (Å²) in [6, 6.07) is 0.125. The van der Waals surface area contributed by atoms with Crippen LogP contribution in [-0.2, 0) is 14.3 Å². The summed E-state index contributed by atoms with van der Waals surface area (Å²) < 4.78 is 57.7. The normalized spacial score (nSPS) is 12.1. The third-order valence-electron chi connectivity index (χ3n) is 2.74. The van der Waals surface area contributed by atoms with Crippen LogP contribution in [0.15, 0.2) is 11.2 Å². The standard InChI is InChI=1S/C14H12F4N2O4/c1-3-24-14(23)8(5-19-20(2)6-21)13(22)7-4-9(15)11(17)12(18)10(7)16/h4-6,8H,3H2,1-2H3. The molecule has 0 N–H and O–H groups in total. The SMILES string of the molecule is CCOC(=O)C(C=NN(C)C=O)C(=O)c1cc(F)c(F)c(F)c1F. The summed E-state index contributed by atoms with van der Waals surface area (Å²) in [4.78, 5) is 34.4. The van der Waals surface area contributed by atoms with Crippen molar-refractivity contribution < 1.29 is 36.7 Å². The van der Waals surface area contributed by atoms with Crippen molar-refractivity contribution in [2.24, 2.45) is 11.0 Å². The fourth-order valence-corrected chi connectivity index (χ4v) is 1.59. The van der Waals surface area contributed by atoms with Gasteiger partial charge in [-0.25, -0.2) is 22.6 Å². The molecule has 0 radical (unpaired) electrons. The minimum Gasteiger partial charge on any atom is -0.465 e. The summed E-state index contributed by atoms with van der Waals surface area (Å²) in [6.07, 6.45) is 0.883. The smallest absolute Gasteiger partial charge is 0.322 e. The summed E-state index contributed by atoms with van der Waals surface area (Å²) in [6.45, 7) is 1.28. The second-order valence-corrected chi connectivity index (χ2v) is 4.39. The van der Waals surface area contributed by atoms with Crippen LogP contribution in [0.5, 0.6) is 0 Å². The molecule has 0 aliphatic heterocycles. The highest BCUT2D eigenvalue weighted by Gasteiger charge is 2.32. The van der Waals surface area contributed by atoms with Crippen molar-refractivity contribution in [1.29, 1.82) is 0 Å². The Bertz CT molecular complexity index is 694. The molecule has 10 heteroatoms. The monoisotopic (exact) mass is 348 g/mol. The van der Waals surface area contributed by atoms with Gasteiger partial charge in [-0.1, -0.05) is 0 Å². The Morgan fingerprint density at radius 2 is 1.88 bits per heavy atom. The Hall–Kier alpha value is -2.78. The van der Waals surface area contributed by atoms with E-state index < -0.39 is 46.5 Å². The number of nitrogens with zero attached hydrogens (tertiary/aromatic N) is 2. The third-order valence-corrected chi connectivity index (χ3v) is 2.74. The maximum Gasteiger partial charge on any atom is 0.322 e. The van der Waals surface area contributed by atoms with Gasteiger partial charge in [0.2, 0.25) is 6.41 Å². The highest BCUT2D eigenvalue weighted by molar-refractivity contribution is 6.18. The van der Waals surface area contributed by atoms with E-state index in [2.05, 4.69) is 9.84 Å². The minimum atomic E-state index is -2.19. The lowest BCUT2D eigenvalue weighted by Crippen LogP contribution is -2.29. The average molecular weight is 348 g/mol. The molecule has 6 nitrogen and oxygen atoms in total. The number of Topliss-reactive ketones (excluding diaryl/α,β-unsaturated/α-hetero) is 1. The summed E-state index contributed by atoms with van der Waals surface area (Å²) in [5.41, 5.74) is -1.19. The van der Waals surface area contributed by atoms with E-state index in [0.717, 1.165) is 0 Å². The maximum atomic E-state index is 13.7. The van der Waals surface area contributed by atoms with Gasteiger partial charge in [-0.15, -0.1) is 0 Å². The van der Waals surface area contributed by atoms with Gasteiger partial charge in [0.1, 0.15) is 0 Å². The minimum absolute atomic E-state index is 0.125. The molecule has 1 amide bonds. The summed E-state index contributed by atoms with van der Waals surface area (Å²) in [5, 5.41) is 4.10. The third kappa shape index (κ3) is 4.15. The first-order valence-electron chi connectivity index (χ1n) is 6.50. The molecule has 0 spiro atoms. The van der Waals surface area contributed by atoms with E-state index in [1.54, 1.807) is 0 Å². The molecule has 0 saturated carbocycles. The highest BCUT2D eigenvalue weighted by atomic mass is 19.2. The van der Waals surface area contributed by atoms with Crippen molar-refractivity contribution >= 4 is 24.4 Å². The lowest BCUT2D eigenvalue weighted by atomic mass is 9.97. The van der Waals surface area contributed by atoms with E-state index in [4.69, 9.17) is 0 Å². The molecule has 0 aliphatic rings. The van der Waals surface area contributed by atoms with Crippen LogP contribution in [0.1, 0.15) is 17.3 Å². The quantitative estimate of drug-likeness (QED) is 0.0865. The van der Waals surface area contributed by atoms with E-state index in [-0.39, 0.29) is 19.1 Å². The number of hydrazone groups is 1. The predicted molar refractivity (Wildman–Crippen MR) is 73.0 cm³/mol. The molecule has 0 heterocycles. The van der Waals surface area contributed by atoms with Crippen LogP contribution >= 0.6 is 0 Å². The molecule has 1 rings (SSSR count). The summed E-state index contributed by atoms with van der Waals surface area (Å²) in [5.74, 6) is -12.5. The first-order valence-corrected chi connectivity index (χ1v) is 6.50. The molecule has 0 bridgehead atoms. The Balaban J connectivity index is 3.33. The maximum absolute atomic E-state index is 13.7. The first-order chi connectivity index (χ1) is 11.2. The number of hydrogen-bond acceptors (Lipinski definition) is 5. The van der Waals surface area contributed by atoms with Crippen LogP contribution < -0.4 is 0 Å². The number of hydrogen-bond donors (Lipinski definition) is 0. The van der Waals surface area contributed by atoms with Gasteiger partial charge in [-0.2, -0.15) is 5.10 Å². The number of benzene rings is 1. The molecule has 0 aromatic heterocycles. The van der Waals surface area contributed by atoms with Crippen LogP contribution in [-0.4, -0.2) is 43.0 Å². The van der Waals surface area contributed by atoms with Crippen molar-refractivity contribution in [3.8, 4) is 0 Å². The van der Waals surface area contributed by atoms with Gasteiger partial charge in [0.05, 0.1) is 12.2 Å². The van der Waals surface area contributed by atoms with Crippen molar-refractivity contribution in [3.05, 3.63) is 34.9 Å². The number of ether oxygens (including phenoxy) is 1. The molecule has 0 fully saturated rings. The molecule has 1 aromatic rings. The zero-order valence-corrected chi connectivity index (χ0v) is 12.6. The van der Waals surface area contributed by atoms with Crippen LogP contribution in [0.25, 0.3) is 0 Å². The highest BCUT2D eigenvalue weighted by Crippen LogP contribution is 2.21. The van der Waals surface area contributed by atoms with E-state index in [0.29, 0.717) is 11.2 Å². The van der Waals surface area contributed by atoms with Crippen LogP contribution in [0.3, 0.4) is 0 Å². The first kappa shape index (κ1) is 19.3. The van der Waals surface area contributed by atoms with Crippen molar-refractivity contribution in [2.75, 3.05) is 13.7 Å². The van der Waals surface area contributed by atoms with Gasteiger partial charge in [-0.3, -0.25) is 14.4 Å². The van der Waals surface area contributed by atoms with E-state index in [1.807, 2.05) is 0 Å². The number of esters is 1. The van der Waals surface area contributed by atoms with Gasteiger partial charge in [0, 0.05) is 13.3 Å². The van der Waals surface area contributed by atoms with Gasteiger partial charge in [0.25, 0.3) is 0 Å². The van der Waals surface area contributed by atoms with Crippen molar-refractivity contribution in [2.45, 2.75) is 6.92 Å². The van der Waals surface area contributed by atoms with Gasteiger partial charge < -0.3 is 4.74 Å². The number of amides is 1. The fourth-order valence-electron chi connectivity index (χ4n) is 1.59. The number of ketones is 1. The average Bonchev–Trinajstić information content (AvgIpc) is 2.56. The van der Waals surface area contributed by atoms with E-state index in [9.17, 15) is 31.9 Å². The molecule has 0 aliphatic carbocycles. The number of carbonyl (C=O) groups excluding carboxylic acids is 3. The summed E-state index contributed by atoms with van der Waals surface area (Å²) in [7, 11) is 1.17. The zero-order chi connectivity index (χ0) is 18.4. The largest absolute Gasteiger partial charge is 0.465 e. The molecule has 1 aromatic carbocycles. The molecule has 1 atom stereocenters. The van der Waals surface area contributed by atoms with Gasteiger partial charge >= 0.3 is 5.97 Å². The number of halogens is 4. The Labute approximate surface area is 133 Å².